The number of hydrogen-bond acceptors (Lipinski definition) is 5. The third-order valence-corrected chi connectivity index (χ3v) is 11.1. The van der Waals surface area contributed by atoms with Crippen LogP contribution in [0.2, 0.25) is 20.1 Å². The first-order valence-corrected chi connectivity index (χ1v) is 18.2. The highest BCUT2D eigenvalue weighted by Gasteiger charge is 2.21. The Hall–Kier alpha value is -3.06. The lowest BCUT2D eigenvalue weighted by atomic mass is 9.89. The van der Waals surface area contributed by atoms with Gasteiger partial charge in [0.2, 0.25) is 0 Å². The number of anilines is 2. The lowest BCUT2D eigenvalue weighted by molar-refractivity contribution is 0.112. The quantitative estimate of drug-likeness (QED) is 0.120. The maximum atomic E-state index is 11.2. The summed E-state index contributed by atoms with van der Waals surface area (Å²) < 4.78 is 0. The van der Waals surface area contributed by atoms with E-state index >= 15 is 0 Å². The molecule has 1 fully saturated rings. The number of benzene rings is 4. The predicted octanol–water partition coefficient (Wildman–Crippen LogP) is 12.0. The third kappa shape index (κ3) is 8.90. The first-order valence-electron chi connectivity index (χ1n) is 15.8. The van der Waals surface area contributed by atoms with E-state index in [9.17, 15) is 4.79 Å². The number of aldehydes is 1. The molecule has 1 aliphatic rings. The van der Waals surface area contributed by atoms with E-state index in [0.29, 0.717) is 44.7 Å². The lowest BCUT2D eigenvalue weighted by Gasteiger charge is -2.29. The minimum absolute atomic E-state index is 0.531. The van der Waals surface area contributed by atoms with E-state index in [2.05, 4.69) is 39.4 Å². The SMILES string of the molecule is O=Cc1ccc(CN(CC2CCCCC2)c2nc(-c3ccc(N(Cc4ccc(Cl)c(Cl)c4)Cc4ccc(Cl)c(Cl)c4)cc3)cs2)cc1. The number of nitrogens with zero attached hydrogens (tertiary/aromatic N) is 3. The van der Waals surface area contributed by atoms with Crippen LogP contribution in [0, 0.1) is 5.92 Å². The van der Waals surface area contributed by atoms with Crippen LogP contribution in [-0.2, 0) is 19.6 Å². The van der Waals surface area contributed by atoms with Crippen molar-refractivity contribution in [1.82, 2.24) is 4.98 Å². The Bertz CT molecular complexity index is 1750. The van der Waals surface area contributed by atoms with Gasteiger partial charge in [-0.25, -0.2) is 4.98 Å². The number of aromatic nitrogens is 1. The molecule has 0 atom stereocenters. The molecule has 6 rings (SSSR count). The molecule has 9 heteroatoms. The molecule has 4 aromatic carbocycles. The fraction of sp³-hybridized carbons (Fsp3) is 0.263. The summed E-state index contributed by atoms with van der Waals surface area (Å²) in [6, 6.07) is 27.9. The summed E-state index contributed by atoms with van der Waals surface area (Å²) in [5, 5.41) is 5.30. The van der Waals surface area contributed by atoms with Gasteiger partial charge in [-0.05, 0) is 71.8 Å². The van der Waals surface area contributed by atoms with Gasteiger partial charge in [-0.2, -0.15) is 0 Å². The summed E-state index contributed by atoms with van der Waals surface area (Å²) in [6.07, 6.45) is 7.36. The number of halogens is 4. The number of carbonyl (C=O) groups is 1. The van der Waals surface area contributed by atoms with Crippen LogP contribution in [-0.4, -0.2) is 17.8 Å². The Balaban J connectivity index is 1.24. The van der Waals surface area contributed by atoms with Gasteiger partial charge in [0.05, 0.1) is 25.8 Å². The zero-order chi connectivity index (χ0) is 32.8. The van der Waals surface area contributed by atoms with Gasteiger partial charge in [-0.1, -0.05) is 114 Å². The fourth-order valence-electron chi connectivity index (χ4n) is 6.15. The first-order chi connectivity index (χ1) is 22.8. The van der Waals surface area contributed by atoms with Gasteiger partial charge in [0.25, 0.3) is 0 Å². The van der Waals surface area contributed by atoms with Crippen molar-refractivity contribution < 1.29 is 4.79 Å². The van der Waals surface area contributed by atoms with Crippen molar-refractivity contribution in [3.05, 3.63) is 133 Å². The van der Waals surface area contributed by atoms with Crippen LogP contribution >= 0.6 is 57.7 Å². The van der Waals surface area contributed by atoms with Crippen LogP contribution in [0.25, 0.3) is 11.3 Å². The molecule has 0 saturated heterocycles. The van der Waals surface area contributed by atoms with E-state index in [4.69, 9.17) is 51.4 Å². The number of hydrogen-bond donors (Lipinski definition) is 0. The molecule has 0 radical (unpaired) electrons. The van der Waals surface area contributed by atoms with Gasteiger partial charge in [-0.3, -0.25) is 4.79 Å². The maximum Gasteiger partial charge on any atom is 0.186 e. The Labute approximate surface area is 300 Å². The zero-order valence-corrected chi connectivity index (χ0v) is 29.7. The molecule has 1 saturated carbocycles. The van der Waals surface area contributed by atoms with Crippen molar-refractivity contribution >= 4 is 74.8 Å². The molecule has 0 N–H and O–H groups in total. The van der Waals surface area contributed by atoms with Gasteiger partial charge >= 0.3 is 0 Å². The second kappa shape index (κ2) is 15.9. The highest BCUT2D eigenvalue weighted by atomic mass is 35.5. The molecule has 1 aromatic heterocycles. The monoisotopic (exact) mass is 721 g/mol. The van der Waals surface area contributed by atoms with Crippen molar-refractivity contribution in [3.63, 3.8) is 0 Å². The summed E-state index contributed by atoms with van der Waals surface area (Å²) in [6.45, 7) is 3.00. The smallest absolute Gasteiger partial charge is 0.186 e. The van der Waals surface area contributed by atoms with Crippen LogP contribution in [0.15, 0.2) is 90.3 Å². The average molecular weight is 724 g/mol. The summed E-state index contributed by atoms with van der Waals surface area (Å²) in [7, 11) is 0. The predicted molar refractivity (Wildman–Crippen MR) is 200 cm³/mol. The van der Waals surface area contributed by atoms with E-state index in [1.165, 1.54) is 37.7 Å². The zero-order valence-electron chi connectivity index (χ0n) is 25.8. The topological polar surface area (TPSA) is 36.4 Å². The largest absolute Gasteiger partial charge is 0.363 e. The van der Waals surface area contributed by atoms with Gasteiger partial charge < -0.3 is 9.80 Å². The minimum Gasteiger partial charge on any atom is -0.363 e. The van der Waals surface area contributed by atoms with Crippen LogP contribution in [0.5, 0.6) is 0 Å². The molecule has 0 spiro atoms. The van der Waals surface area contributed by atoms with Crippen LogP contribution in [0.3, 0.4) is 0 Å². The van der Waals surface area contributed by atoms with Crippen molar-refractivity contribution in [2.75, 3.05) is 16.3 Å². The molecule has 4 nitrogen and oxygen atoms in total. The molecule has 5 aromatic rings. The number of rotatable bonds is 12. The summed E-state index contributed by atoms with van der Waals surface area (Å²) in [5.41, 5.74) is 7.05. The van der Waals surface area contributed by atoms with Gasteiger partial charge in [-0.15, -0.1) is 11.3 Å². The van der Waals surface area contributed by atoms with Gasteiger partial charge in [0.15, 0.2) is 5.13 Å². The van der Waals surface area contributed by atoms with Crippen molar-refractivity contribution in [3.8, 4) is 11.3 Å². The second-order valence-electron chi connectivity index (χ2n) is 12.2. The van der Waals surface area contributed by atoms with Gasteiger partial charge in [0.1, 0.15) is 6.29 Å². The summed E-state index contributed by atoms with van der Waals surface area (Å²) in [4.78, 5) is 21.0. The molecule has 0 aliphatic heterocycles. The molecule has 0 amide bonds. The maximum absolute atomic E-state index is 11.2. The fourth-order valence-corrected chi connectivity index (χ4v) is 7.64. The normalized spacial score (nSPS) is 13.4. The lowest BCUT2D eigenvalue weighted by Crippen LogP contribution is -2.30. The molecule has 0 bridgehead atoms. The third-order valence-electron chi connectivity index (χ3n) is 8.70. The molecule has 242 valence electrons. The van der Waals surface area contributed by atoms with E-state index in [-0.39, 0.29) is 0 Å². The standard InChI is InChI=1S/C38H35Cl4N3OS/c39-33-16-10-29(18-35(33)41)22-44(23-30-11-17-34(40)36(42)19-30)32-14-12-31(13-15-32)37-25-47-38(43-37)45(20-26-4-2-1-3-5-26)21-27-6-8-28(24-46)9-7-27/h6-19,24-26H,1-5,20-23H2. The minimum atomic E-state index is 0.531. The van der Waals surface area contributed by atoms with Crippen LogP contribution in [0.4, 0.5) is 10.8 Å². The summed E-state index contributed by atoms with van der Waals surface area (Å²) in [5.74, 6) is 0.668. The molecule has 1 aliphatic carbocycles. The van der Waals surface area contributed by atoms with E-state index < -0.39 is 0 Å². The summed E-state index contributed by atoms with van der Waals surface area (Å²) >= 11 is 26.8. The van der Waals surface area contributed by atoms with Crippen molar-refractivity contribution in [1.29, 1.82) is 0 Å². The van der Waals surface area contributed by atoms with Crippen LogP contribution in [0.1, 0.15) is 59.2 Å². The average Bonchev–Trinajstić information content (AvgIpc) is 3.59. The first kappa shape index (κ1) is 33.8. The Morgan fingerprint density at radius 2 is 1.26 bits per heavy atom. The Kier molecular flexibility index (Phi) is 11.4. The highest BCUT2D eigenvalue weighted by molar-refractivity contribution is 7.14. The molecule has 1 heterocycles. The van der Waals surface area contributed by atoms with Gasteiger partial charge in [0, 0.05) is 48.4 Å². The number of thiazole rings is 1. The Morgan fingerprint density at radius 1 is 0.681 bits per heavy atom. The van der Waals surface area contributed by atoms with Crippen molar-refractivity contribution in [2.24, 2.45) is 5.92 Å². The van der Waals surface area contributed by atoms with E-state index in [1.54, 1.807) is 11.3 Å². The molecule has 47 heavy (non-hydrogen) atoms. The van der Waals surface area contributed by atoms with E-state index in [1.807, 2.05) is 60.7 Å². The Morgan fingerprint density at radius 3 is 1.83 bits per heavy atom. The highest BCUT2D eigenvalue weighted by Crippen LogP contribution is 2.34. The second-order valence-corrected chi connectivity index (χ2v) is 14.6. The van der Waals surface area contributed by atoms with Crippen molar-refractivity contribution in [2.45, 2.75) is 51.7 Å². The molecular formula is C38H35Cl4N3OS. The van der Waals surface area contributed by atoms with E-state index in [0.717, 1.165) is 52.6 Å². The molecular weight excluding hydrogens is 688 g/mol. The molecule has 0 unspecified atom stereocenters. The van der Waals surface area contributed by atoms with Crippen LogP contribution < -0.4 is 9.80 Å². The number of carbonyl (C=O) groups excluding carboxylic acids is 1.